The number of nitrogens with zero attached hydrogens (tertiary/aromatic N) is 5. The minimum Gasteiger partial charge on any atom is -0.465 e. The molecule has 9 nitrogen and oxygen atoms in total. The van der Waals surface area contributed by atoms with E-state index in [9.17, 15) is 13.2 Å². The predicted octanol–water partition coefficient (Wildman–Crippen LogP) is 3.76. The van der Waals surface area contributed by atoms with E-state index in [1.54, 1.807) is 43.0 Å². The Morgan fingerprint density at radius 1 is 1.31 bits per heavy atom. The molecule has 188 valence electrons. The van der Waals surface area contributed by atoms with Gasteiger partial charge in [0.2, 0.25) is 10.0 Å². The van der Waals surface area contributed by atoms with E-state index in [1.165, 1.54) is 10.5 Å². The van der Waals surface area contributed by atoms with Crippen molar-refractivity contribution in [2.45, 2.75) is 50.1 Å². The van der Waals surface area contributed by atoms with Crippen molar-refractivity contribution in [1.29, 1.82) is 5.26 Å². The van der Waals surface area contributed by atoms with Gasteiger partial charge in [-0.1, -0.05) is 12.1 Å². The molecule has 0 saturated heterocycles. The maximum atomic E-state index is 13.5. The highest BCUT2D eigenvalue weighted by molar-refractivity contribution is 9.10. The van der Waals surface area contributed by atoms with Gasteiger partial charge in [-0.3, -0.25) is 14.5 Å². The summed E-state index contributed by atoms with van der Waals surface area (Å²) in [7, 11) is -2.28. The maximum Gasteiger partial charge on any atom is 0.327 e. The number of sulfonamides is 1. The second kappa shape index (κ2) is 10.9. The van der Waals surface area contributed by atoms with Gasteiger partial charge in [-0.05, 0) is 65.9 Å². The van der Waals surface area contributed by atoms with Gasteiger partial charge in [-0.15, -0.1) is 0 Å². The van der Waals surface area contributed by atoms with Crippen LogP contribution in [0.3, 0.4) is 0 Å². The van der Waals surface area contributed by atoms with Gasteiger partial charge in [0.25, 0.3) is 0 Å². The normalized spacial score (nSPS) is 15.4. The van der Waals surface area contributed by atoms with Crippen LogP contribution in [0.15, 0.2) is 52.1 Å². The van der Waals surface area contributed by atoms with Crippen molar-refractivity contribution in [3.63, 3.8) is 0 Å². The Morgan fingerprint density at radius 2 is 2.06 bits per heavy atom. The lowest BCUT2D eigenvalue weighted by Crippen LogP contribution is -2.33. The average molecular weight is 572 g/mol. The molecule has 1 aromatic carbocycles. The number of ether oxygens (including phenoxy) is 1. The zero-order valence-corrected chi connectivity index (χ0v) is 22.4. The number of halogens is 1. The Bertz CT molecular complexity index is 1410. The monoisotopic (exact) mass is 571 g/mol. The van der Waals surface area contributed by atoms with E-state index in [0.29, 0.717) is 35.2 Å². The smallest absolute Gasteiger partial charge is 0.327 e. The zero-order chi connectivity index (χ0) is 25.9. The molecule has 0 aliphatic heterocycles. The fourth-order valence-corrected chi connectivity index (χ4v) is 6.36. The third kappa shape index (κ3) is 5.36. The Hall–Kier alpha value is -3.07. The van der Waals surface area contributed by atoms with E-state index < -0.39 is 16.1 Å². The summed E-state index contributed by atoms with van der Waals surface area (Å²) >= 11 is 3.48. The molecule has 0 spiro atoms. The molecule has 0 bridgehead atoms. The first kappa shape index (κ1) is 26.0. The summed E-state index contributed by atoms with van der Waals surface area (Å²) in [4.78, 5) is 16.5. The molecule has 0 saturated carbocycles. The summed E-state index contributed by atoms with van der Waals surface area (Å²) < 4.78 is 35.7. The van der Waals surface area contributed by atoms with Crippen molar-refractivity contribution in [2.75, 3.05) is 13.7 Å². The molecule has 0 unspecified atom stereocenters. The molecule has 1 aliphatic carbocycles. The quantitative estimate of drug-likeness (QED) is 0.377. The van der Waals surface area contributed by atoms with Crippen molar-refractivity contribution >= 4 is 31.9 Å². The summed E-state index contributed by atoms with van der Waals surface area (Å²) in [5, 5.41) is 13.3. The number of fused-ring (bicyclic) bond motifs is 1. The zero-order valence-electron chi connectivity index (χ0n) is 20.0. The van der Waals surface area contributed by atoms with E-state index in [2.05, 4.69) is 32.1 Å². The van der Waals surface area contributed by atoms with Crippen LogP contribution in [0, 0.1) is 11.3 Å². The van der Waals surface area contributed by atoms with Crippen LogP contribution in [0.2, 0.25) is 0 Å². The first-order valence-electron chi connectivity index (χ1n) is 11.6. The Labute approximate surface area is 218 Å². The first-order chi connectivity index (χ1) is 17.2. The number of carbonyl (C=O) groups excluding carboxylic acids is 1. The molecule has 0 radical (unpaired) electrons. The van der Waals surface area contributed by atoms with Crippen LogP contribution in [0.25, 0.3) is 0 Å². The molecule has 1 aliphatic rings. The number of rotatable bonds is 8. The topological polar surface area (TPSA) is 118 Å². The minimum atomic E-state index is -3.85. The van der Waals surface area contributed by atoms with Crippen LogP contribution >= 0.6 is 15.9 Å². The number of benzene rings is 1. The Morgan fingerprint density at radius 3 is 2.72 bits per heavy atom. The summed E-state index contributed by atoms with van der Waals surface area (Å²) in [6, 6.07) is 10.5. The standard InChI is InChI=1S/C25H26BrN5O4S/c1-3-35-25(32)16-31-24-6-4-5-23(20(24)15-29-31)30(2)36(33,34)19-12-21(26)22(28-14-19)11-17-7-9-18(13-27)10-8-17/h7-10,12,14-15,23H,3-6,11,16H2,1-2H3/t23-/m1/s1. The van der Waals surface area contributed by atoms with Crippen molar-refractivity contribution in [3.8, 4) is 6.07 Å². The highest BCUT2D eigenvalue weighted by Gasteiger charge is 2.34. The van der Waals surface area contributed by atoms with Crippen LogP contribution in [-0.4, -0.2) is 47.1 Å². The highest BCUT2D eigenvalue weighted by atomic mass is 79.9. The van der Waals surface area contributed by atoms with Crippen LogP contribution in [0.5, 0.6) is 0 Å². The molecule has 3 aromatic rings. The van der Waals surface area contributed by atoms with Crippen LogP contribution < -0.4 is 0 Å². The molecule has 11 heteroatoms. The molecule has 0 fully saturated rings. The Balaban J connectivity index is 1.55. The van der Waals surface area contributed by atoms with E-state index in [0.717, 1.165) is 29.7 Å². The number of hydrogen-bond donors (Lipinski definition) is 0. The number of aromatic nitrogens is 3. The number of carbonyl (C=O) groups is 1. The minimum absolute atomic E-state index is 0.00389. The lowest BCUT2D eigenvalue weighted by Gasteiger charge is -2.31. The lowest BCUT2D eigenvalue weighted by atomic mass is 9.93. The molecular formula is C25H26BrN5O4S. The highest BCUT2D eigenvalue weighted by Crippen LogP contribution is 2.37. The van der Waals surface area contributed by atoms with E-state index in [-0.39, 0.29) is 17.4 Å². The fourth-order valence-electron chi connectivity index (χ4n) is 4.38. The van der Waals surface area contributed by atoms with Gasteiger partial charge in [0.1, 0.15) is 11.4 Å². The fraction of sp³-hybridized carbons (Fsp3) is 0.360. The van der Waals surface area contributed by atoms with Gasteiger partial charge in [0.05, 0.1) is 36.2 Å². The largest absolute Gasteiger partial charge is 0.465 e. The molecule has 0 N–H and O–H groups in total. The number of pyridine rings is 1. The summed E-state index contributed by atoms with van der Waals surface area (Å²) in [6.07, 6.45) is 5.67. The van der Waals surface area contributed by atoms with Gasteiger partial charge < -0.3 is 4.74 Å². The number of hydrogen-bond acceptors (Lipinski definition) is 7. The molecule has 2 aromatic heterocycles. The third-order valence-corrected chi connectivity index (χ3v) is 8.80. The summed E-state index contributed by atoms with van der Waals surface area (Å²) in [5.41, 5.74) is 3.90. The van der Waals surface area contributed by atoms with Gasteiger partial charge >= 0.3 is 5.97 Å². The van der Waals surface area contributed by atoms with E-state index >= 15 is 0 Å². The predicted molar refractivity (Wildman–Crippen MR) is 135 cm³/mol. The van der Waals surface area contributed by atoms with Crippen molar-refractivity contribution < 1.29 is 17.9 Å². The molecule has 1 atom stereocenters. The van der Waals surface area contributed by atoms with E-state index in [1.807, 2.05) is 12.1 Å². The molecule has 36 heavy (non-hydrogen) atoms. The van der Waals surface area contributed by atoms with Gasteiger partial charge in [0, 0.05) is 35.4 Å². The molecular weight excluding hydrogens is 546 g/mol. The summed E-state index contributed by atoms with van der Waals surface area (Å²) in [5.74, 6) is -0.372. The van der Waals surface area contributed by atoms with Gasteiger partial charge in [0.15, 0.2) is 0 Å². The van der Waals surface area contributed by atoms with Crippen LogP contribution in [0.4, 0.5) is 0 Å². The Kier molecular flexibility index (Phi) is 7.88. The second-order valence-electron chi connectivity index (χ2n) is 8.52. The molecule has 2 heterocycles. The van der Waals surface area contributed by atoms with Gasteiger partial charge in [-0.25, -0.2) is 8.42 Å². The number of esters is 1. The first-order valence-corrected chi connectivity index (χ1v) is 13.8. The van der Waals surface area contributed by atoms with Gasteiger partial charge in [-0.2, -0.15) is 14.7 Å². The van der Waals surface area contributed by atoms with Crippen molar-refractivity contribution in [3.05, 3.63) is 75.3 Å². The van der Waals surface area contributed by atoms with Crippen LogP contribution in [-0.2, 0) is 38.9 Å². The number of nitriles is 1. The van der Waals surface area contributed by atoms with Crippen molar-refractivity contribution in [2.24, 2.45) is 0 Å². The third-order valence-electron chi connectivity index (χ3n) is 6.28. The maximum absolute atomic E-state index is 13.5. The second-order valence-corrected chi connectivity index (χ2v) is 11.4. The van der Waals surface area contributed by atoms with Crippen molar-refractivity contribution in [1.82, 2.24) is 19.1 Å². The molecule has 4 rings (SSSR count). The SMILES string of the molecule is CCOC(=O)Cn1ncc2c1CCC[C@H]2N(C)S(=O)(=O)c1cnc(Cc2ccc(C#N)cc2)c(Br)c1. The van der Waals surface area contributed by atoms with E-state index in [4.69, 9.17) is 10.00 Å². The average Bonchev–Trinajstić information content (AvgIpc) is 3.28. The lowest BCUT2D eigenvalue weighted by molar-refractivity contribution is -0.144. The summed E-state index contributed by atoms with van der Waals surface area (Å²) in [6.45, 7) is 2.05. The molecule has 0 amide bonds. The van der Waals surface area contributed by atoms with Crippen LogP contribution in [0.1, 0.15) is 53.9 Å².